The van der Waals surface area contributed by atoms with Gasteiger partial charge >= 0.3 is 0 Å². The van der Waals surface area contributed by atoms with Crippen LogP contribution in [0.2, 0.25) is 0 Å². The van der Waals surface area contributed by atoms with Crippen LogP contribution in [0.1, 0.15) is 32.3 Å². The molecular formula is C15H23NO4S. The summed E-state index contributed by atoms with van der Waals surface area (Å²) in [6.45, 7) is 4.42. The molecule has 2 atom stereocenters. The molecule has 0 saturated carbocycles. The molecule has 0 aromatic heterocycles. The van der Waals surface area contributed by atoms with Crippen LogP contribution in [0.5, 0.6) is 5.75 Å². The number of methoxy groups -OCH3 is 1. The Balaban J connectivity index is 2.43. The van der Waals surface area contributed by atoms with Crippen molar-refractivity contribution in [2.24, 2.45) is 5.92 Å². The third-order valence-electron chi connectivity index (χ3n) is 4.07. The summed E-state index contributed by atoms with van der Waals surface area (Å²) in [5.41, 5.74) is 0.562. The molecule has 0 aliphatic carbocycles. The molecule has 1 heterocycles. The van der Waals surface area contributed by atoms with Crippen molar-refractivity contribution in [2.75, 3.05) is 13.7 Å². The van der Waals surface area contributed by atoms with Gasteiger partial charge in [-0.3, -0.25) is 0 Å². The summed E-state index contributed by atoms with van der Waals surface area (Å²) in [6.07, 6.45) is 1.73. The minimum atomic E-state index is -3.61. The molecule has 1 aliphatic heterocycles. The lowest BCUT2D eigenvalue weighted by atomic mass is 9.95. The van der Waals surface area contributed by atoms with E-state index in [4.69, 9.17) is 4.74 Å². The lowest BCUT2D eigenvalue weighted by Gasteiger charge is -2.35. The van der Waals surface area contributed by atoms with Crippen LogP contribution in [-0.2, 0) is 16.6 Å². The number of hydrogen-bond donors (Lipinski definition) is 1. The van der Waals surface area contributed by atoms with Crippen LogP contribution in [0, 0.1) is 5.92 Å². The summed E-state index contributed by atoms with van der Waals surface area (Å²) in [4.78, 5) is 0.137. The smallest absolute Gasteiger partial charge is 0.247 e. The van der Waals surface area contributed by atoms with E-state index in [-0.39, 0.29) is 17.5 Å². The van der Waals surface area contributed by atoms with Gasteiger partial charge < -0.3 is 9.84 Å². The number of ether oxygens (including phenoxy) is 1. The molecule has 0 spiro atoms. The first-order valence-corrected chi connectivity index (χ1v) is 8.63. The molecular weight excluding hydrogens is 290 g/mol. The highest BCUT2D eigenvalue weighted by Gasteiger charge is 2.35. The van der Waals surface area contributed by atoms with E-state index in [0.717, 1.165) is 12.8 Å². The van der Waals surface area contributed by atoms with Crippen molar-refractivity contribution in [1.82, 2.24) is 4.31 Å². The Morgan fingerprint density at radius 2 is 2.10 bits per heavy atom. The highest BCUT2D eigenvalue weighted by atomic mass is 32.2. The summed E-state index contributed by atoms with van der Waals surface area (Å²) < 4.78 is 32.6. The Kier molecular flexibility index (Phi) is 4.91. The number of aliphatic hydroxyl groups is 1. The molecule has 2 rings (SSSR count). The largest absolute Gasteiger partial charge is 0.495 e. The molecule has 1 saturated heterocycles. The zero-order chi connectivity index (χ0) is 15.6. The fraction of sp³-hybridized carbons (Fsp3) is 0.600. The summed E-state index contributed by atoms with van der Waals surface area (Å²) >= 11 is 0. The molecule has 0 amide bonds. The first kappa shape index (κ1) is 16.3. The number of sulfonamides is 1. The van der Waals surface area contributed by atoms with Crippen molar-refractivity contribution in [3.8, 4) is 5.75 Å². The fourth-order valence-corrected chi connectivity index (χ4v) is 4.75. The van der Waals surface area contributed by atoms with Crippen LogP contribution in [0.3, 0.4) is 0 Å². The van der Waals surface area contributed by atoms with Gasteiger partial charge in [-0.1, -0.05) is 13.0 Å². The lowest BCUT2D eigenvalue weighted by molar-refractivity contribution is 0.219. The van der Waals surface area contributed by atoms with E-state index in [9.17, 15) is 13.5 Å². The monoisotopic (exact) mass is 313 g/mol. The normalized spacial score (nSPS) is 24.0. The highest BCUT2D eigenvalue weighted by Crippen LogP contribution is 2.33. The van der Waals surface area contributed by atoms with Crippen LogP contribution in [0.15, 0.2) is 23.1 Å². The molecule has 0 bridgehead atoms. The van der Waals surface area contributed by atoms with Gasteiger partial charge in [-0.25, -0.2) is 8.42 Å². The molecule has 1 aromatic carbocycles. The van der Waals surface area contributed by atoms with E-state index in [1.807, 2.05) is 6.92 Å². The van der Waals surface area contributed by atoms with E-state index >= 15 is 0 Å². The number of rotatable bonds is 4. The predicted octanol–water partition coefficient (Wildman–Crippen LogP) is 2.00. The van der Waals surface area contributed by atoms with E-state index < -0.39 is 10.0 Å². The topological polar surface area (TPSA) is 66.8 Å². The highest BCUT2D eigenvalue weighted by molar-refractivity contribution is 7.89. The molecule has 118 valence electrons. The second-order valence-corrected chi connectivity index (χ2v) is 7.60. The van der Waals surface area contributed by atoms with E-state index in [1.54, 1.807) is 16.4 Å². The number of aliphatic hydroxyl groups excluding tert-OH is 1. The van der Waals surface area contributed by atoms with Crippen LogP contribution in [0.25, 0.3) is 0 Å². The molecule has 1 aliphatic rings. The molecule has 2 unspecified atom stereocenters. The summed E-state index contributed by atoms with van der Waals surface area (Å²) in [6, 6.07) is 4.73. The summed E-state index contributed by atoms with van der Waals surface area (Å²) in [5, 5.41) is 9.24. The van der Waals surface area contributed by atoms with Gasteiger partial charge in [0.05, 0.1) is 13.7 Å². The maximum atomic E-state index is 12.9. The zero-order valence-electron chi connectivity index (χ0n) is 12.7. The van der Waals surface area contributed by atoms with Crippen molar-refractivity contribution in [1.29, 1.82) is 0 Å². The van der Waals surface area contributed by atoms with Crippen molar-refractivity contribution in [2.45, 2.75) is 44.2 Å². The van der Waals surface area contributed by atoms with Gasteiger partial charge in [0.25, 0.3) is 0 Å². The van der Waals surface area contributed by atoms with Gasteiger partial charge in [-0.2, -0.15) is 4.31 Å². The van der Waals surface area contributed by atoms with Crippen molar-refractivity contribution >= 4 is 10.0 Å². The Labute approximate surface area is 126 Å². The molecule has 21 heavy (non-hydrogen) atoms. The van der Waals surface area contributed by atoms with Gasteiger partial charge in [-0.05, 0) is 43.4 Å². The van der Waals surface area contributed by atoms with Crippen molar-refractivity contribution < 1.29 is 18.3 Å². The molecule has 1 aromatic rings. The molecule has 0 radical (unpaired) electrons. The SMILES string of the molecule is COc1ccc(CO)cc1S(=O)(=O)N1CCC(C)CC1C. The maximum Gasteiger partial charge on any atom is 0.247 e. The Bertz CT molecular complexity index is 600. The zero-order valence-corrected chi connectivity index (χ0v) is 13.6. The van der Waals surface area contributed by atoms with E-state index in [0.29, 0.717) is 23.8 Å². The second kappa shape index (κ2) is 6.34. The molecule has 5 nitrogen and oxygen atoms in total. The van der Waals surface area contributed by atoms with Gasteiger partial charge in [0.1, 0.15) is 10.6 Å². The Hall–Kier alpha value is -1.11. The van der Waals surface area contributed by atoms with Crippen molar-refractivity contribution in [3.05, 3.63) is 23.8 Å². The number of nitrogens with zero attached hydrogens (tertiary/aromatic N) is 1. The fourth-order valence-electron chi connectivity index (χ4n) is 2.89. The lowest BCUT2D eigenvalue weighted by Crippen LogP contribution is -2.44. The van der Waals surface area contributed by atoms with Crippen LogP contribution in [0.4, 0.5) is 0 Å². The van der Waals surface area contributed by atoms with Gasteiger partial charge in [-0.15, -0.1) is 0 Å². The summed E-state index contributed by atoms with van der Waals surface area (Å²) in [7, 11) is -2.16. The van der Waals surface area contributed by atoms with Crippen molar-refractivity contribution in [3.63, 3.8) is 0 Å². The Morgan fingerprint density at radius 3 is 2.67 bits per heavy atom. The quantitative estimate of drug-likeness (QED) is 0.923. The average Bonchev–Trinajstić information content (AvgIpc) is 2.46. The van der Waals surface area contributed by atoms with Crippen LogP contribution in [-0.4, -0.2) is 37.5 Å². The number of benzene rings is 1. The standard InChI is InChI=1S/C15H23NO4S/c1-11-6-7-16(12(2)8-11)21(18,19)15-9-13(10-17)4-5-14(15)20-3/h4-5,9,11-12,17H,6-8,10H2,1-3H3. The van der Waals surface area contributed by atoms with E-state index in [1.165, 1.54) is 13.2 Å². The minimum absolute atomic E-state index is 0.0266. The first-order valence-electron chi connectivity index (χ1n) is 7.19. The Morgan fingerprint density at radius 1 is 1.38 bits per heavy atom. The first-order chi connectivity index (χ1) is 9.90. The minimum Gasteiger partial charge on any atom is -0.495 e. The summed E-state index contributed by atoms with van der Waals surface area (Å²) in [5.74, 6) is 0.857. The number of piperidine rings is 1. The third-order valence-corrected chi connectivity index (χ3v) is 6.11. The maximum absolute atomic E-state index is 12.9. The van der Waals surface area contributed by atoms with Crippen LogP contribution < -0.4 is 4.74 Å². The predicted molar refractivity (Wildman–Crippen MR) is 80.7 cm³/mol. The van der Waals surface area contributed by atoms with Gasteiger partial charge in [0, 0.05) is 12.6 Å². The average molecular weight is 313 g/mol. The van der Waals surface area contributed by atoms with E-state index in [2.05, 4.69) is 6.92 Å². The molecule has 1 N–H and O–H groups in total. The van der Waals surface area contributed by atoms with Crippen LogP contribution >= 0.6 is 0 Å². The second-order valence-electron chi connectivity index (χ2n) is 5.74. The third kappa shape index (κ3) is 3.22. The molecule has 6 heteroatoms. The van der Waals surface area contributed by atoms with Gasteiger partial charge in [0.2, 0.25) is 10.0 Å². The number of hydrogen-bond acceptors (Lipinski definition) is 4. The van der Waals surface area contributed by atoms with Gasteiger partial charge in [0.15, 0.2) is 0 Å². The molecule has 1 fully saturated rings.